The SMILES string of the molecule is COC(=O)c1cc(OC)c(C(=O)OC)c(C)c1Br. The molecule has 0 amide bonds. The highest BCUT2D eigenvalue weighted by Gasteiger charge is 2.23. The van der Waals surface area contributed by atoms with E-state index < -0.39 is 11.9 Å². The number of hydrogen-bond acceptors (Lipinski definition) is 5. The van der Waals surface area contributed by atoms with E-state index >= 15 is 0 Å². The molecular weight excluding hydrogens is 304 g/mol. The third-order valence-corrected chi connectivity index (χ3v) is 3.50. The predicted molar refractivity (Wildman–Crippen MR) is 68.1 cm³/mol. The number of carbonyl (C=O) groups excluding carboxylic acids is 2. The van der Waals surface area contributed by atoms with Crippen molar-refractivity contribution in [2.24, 2.45) is 0 Å². The van der Waals surface area contributed by atoms with E-state index in [1.54, 1.807) is 6.92 Å². The third-order valence-electron chi connectivity index (χ3n) is 2.48. The van der Waals surface area contributed by atoms with E-state index in [1.165, 1.54) is 27.4 Å². The van der Waals surface area contributed by atoms with E-state index in [2.05, 4.69) is 25.4 Å². The van der Waals surface area contributed by atoms with Gasteiger partial charge in [0.25, 0.3) is 0 Å². The van der Waals surface area contributed by atoms with Crippen LogP contribution in [0.4, 0.5) is 0 Å². The van der Waals surface area contributed by atoms with Crippen LogP contribution in [0.15, 0.2) is 10.5 Å². The lowest BCUT2D eigenvalue weighted by atomic mass is 10.0. The van der Waals surface area contributed by atoms with E-state index in [9.17, 15) is 9.59 Å². The highest BCUT2D eigenvalue weighted by atomic mass is 79.9. The molecule has 0 saturated carbocycles. The van der Waals surface area contributed by atoms with Crippen LogP contribution in [-0.2, 0) is 9.47 Å². The van der Waals surface area contributed by atoms with Crippen molar-refractivity contribution in [1.82, 2.24) is 0 Å². The molecule has 0 aliphatic heterocycles. The molecule has 0 aliphatic rings. The summed E-state index contributed by atoms with van der Waals surface area (Å²) in [6.07, 6.45) is 0. The molecule has 0 saturated heterocycles. The zero-order valence-corrected chi connectivity index (χ0v) is 12.1. The molecule has 0 atom stereocenters. The number of methoxy groups -OCH3 is 3. The van der Waals surface area contributed by atoms with Crippen LogP contribution in [0.3, 0.4) is 0 Å². The molecule has 0 heterocycles. The maximum absolute atomic E-state index is 11.7. The number of esters is 2. The second kappa shape index (κ2) is 5.86. The monoisotopic (exact) mass is 316 g/mol. The van der Waals surface area contributed by atoms with Crippen LogP contribution in [0.1, 0.15) is 26.3 Å². The van der Waals surface area contributed by atoms with Crippen LogP contribution in [0, 0.1) is 6.92 Å². The van der Waals surface area contributed by atoms with Gasteiger partial charge in [-0.2, -0.15) is 0 Å². The van der Waals surface area contributed by atoms with Gasteiger partial charge in [-0.1, -0.05) is 0 Å². The molecule has 98 valence electrons. The summed E-state index contributed by atoms with van der Waals surface area (Å²) in [5.41, 5.74) is 1.13. The van der Waals surface area contributed by atoms with Crippen molar-refractivity contribution in [2.45, 2.75) is 6.92 Å². The van der Waals surface area contributed by atoms with Gasteiger partial charge in [0.15, 0.2) is 0 Å². The highest BCUT2D eigenvalue weighted by Crippen LogP contribution is 2.33. The average molecular weight is 317 g/mol. The largest absolute Gasteiger partial charge is 0.496 e. The van der Waals surface area contributed by atoms with Gasteiger partial charge >= 0.3 is 11.9 Å². The van der Waals surface area contributed by atoms with E-state index in [0.29, 0.717) is 15.6 Å². The number of carbonyl (C=O) groups is 2. The fourth-order valence-corrected chi connectivity index (χ4v) is 2.01. The van der Waals surface area contributed by atoms with E-state index in [1.807, 2.05) is 0 Å². The van der Waals surface area contributed by atoms with Gasteiger partial charge in [-0.15, -0.1) is 0 Å². The fraction of sp³-hybridized carbons (Fsp3) is 0.333. The zero-order valence-electron chi connectivity index (χ0n) is 10.5. The Morgan fingerprint density at radius 2 is 1.67 bits per heavy atom. The third kappa shape index (κ3) is 2.48. The van der Waals surface area contributed by atoms with Crippen LogP contribution in [-0.4, -0.2) is 33.3 Å². The van der Waals surface area contributed by atoms with Crippen LogP contribution < -0.4 is 4.74 Å². The van der Waals surface area contributed by atoms with Crippen molar-refractivity contribution in [1.29, 1.82) is 0 Å². The topological polar surface area (TPSA) is 61.8 Å². The Morgan fingerprint density at radius 3 is 2.11 bits per heavy atom. The number of hydrogen-bond donors (Lipinski definition) is 0. The lowest BCUT2D eigenvalue weighted by Gasteiger charge is -2.14. The molecule has 1 rings (SSSR count). The molecule has 0 aromatic heterocycles. The standard InChI is InChI=1S/C12H13BrO5/c1-6-9(12(15)18-4)8(16-2)5-7(10(6)13)11(14)17-3/h5H,1-4H3. The van der Waals surface area contributed by atoms with Crippen molar-refractivity contribution >= 4 is 27.9 Å². The minimum Gasteiger partial charge on any atom is -0.496 e. The van der Waals surface area contributed by atoms with E-state index in [0.717, 1.165) is 0 Å². The lowest BCUT2D eigenvalue weighted by molar-refractivity contribution is 0.0581. The molecule has 1 aromatic carbocycles. The van der Waals surface area contributed by atoms with Gasteiger partial charge in [0.05, 0.1) is 26.9 Å². The van der Waals surface area contributed by atoms with Crippen LogP contribution in [0.25, 0.3) is 0 Å². The summed E-state index contributed by atoms with van der Waals surface area (Å²) < 4.78 is 14.9. The first kappa shape index (κ1) is 14.5. The molecule has 0 unspecified atom stereocenters. The molecule has 6 heteroatoms. The second-order valence-corrected chi connectivity index (χ2v) is 4.22. The summed E-state index contributed by atoms with van der Waals surface area (Å²) in [5, 5.41) is 0. The second-order valence-electron chi connectivity index (χ2n) is 3.42. The Hall–Kier alpha value is -1.56. The Morgan fingerprint density at radius 1 is 1.11 bits per heavy atom. The average Bonchev–Trinajstić information content (AvgIpc) is 2.39. The van der Waals surface area contributed by atoms with Crippen molar-refractivity contribution in [2.75, 3.05) is 21.3 Å². The number of halogens is 1. The van der Waals surface area contributed by atoms with Gasteiger partial charge in [0.1, 0.15) is 11.3 Å². The maximum atomic E-state index is 11.7. The summed E-state index contributed by atoms with van der Waals surface area (Å²) in [6, 6.07) is 1.44. The molecule has 0 radical (unpaired) electrons. The molecule has 0 aliphatic carbocycles. The molecule has 0 N–H and O–H groups in total. The first-order valence-electron chi connectivity index (χ1n) is 5.01. The summed E-state index contributed by atoms with van der Waals surface area (Å²) in [4.78, 5) is 23.3. The molecule has 0 spiro atoms. The van der Waals surface area contributed by atoms with Crippen molar-refractivity contribution in [3.63, 3.8) is 0 Å². The predicted octanol–water partition coefficient (Wildman–Crippen LogP) is 2.34. The Kier molecular flexibility index (Phi) is 4.72. The Labute approximate surface area is 113 Å². The Balaban J connectivity index is 3.54. The van der Waals surface area contributed by atoms with Gasteiger partial charge < -0.3 is 14.2 Å². The summed E-state index contributed by atoms with van der Waals surface area (Å²) in [6.45, 7) is 1.69. The van der Waals surface area contributed by atoms with Gasteiger partial charge in [-0.05, 0) is 34.5 Å². The van der Waals surface area contributed by atoms with Crippen molar-refractivity contribution in [3.8, 4) is 5.75 Å². The number of ether oxygens (including phenoxy) is 3. The summed E-state index contributed by atoms with van der Waals surface area (Å²) in [5.74, 6) is -0.774. The lowest BCUT2D eigenvalue weighted by Crippen LogP contribution is -2.11. The summed E-state index contributed by atoms with van der Waals surface area (Å²) >= 11 is 3.27. The van der Waals surface area contributed by atoms with Gasteiger partial charge in [-0.25, -0.2) is 9.59 Å². The fourth-order valence-electron chi connectivity index (χ4n) is 1.54. The Bertz CT molecular complexity index is 496. The smallest absolute Gasteiger partial charge is 0.341 e. The van der Waals surface area contributed by atoms with Gasteiger partial charge in [-0.3, -0.25) is 0 Å². The molecular formula is C12H13BrO5. The number of rotatable bonds is 3. The van der Waals surface area contributed by atoms with Crippen LogP contribution in [0.5, 0.6) is 5.75 Å². The van der Waals surface area contributed by atoms with E-state index in [-0.39, 0.29) is 11.3 Å². The molecule has 5 nitrogen and oxygen atoms in total. The first-order chi connectivity index (χ1) is 8.47. The molecule has 18 heavy (non-hydrogen) atoms. The van der Waals surface area contributed by atoms with Crippen molar-refractivity contribution in [3.05, 3.63) is 27.2 Å². The molecule has 1 aromatic rings. The minimum atomic E-state index is -0.526. The highest BCUT2D eigenvalue weighted by molar-refractivity contribution is 9.10. The molecule has 0 fully saturated rings. The van der Waals surface area contributed by atoms with Crippen molar-refractivity contribution < 1.29 is 23.8 Å². The molecule has 0 bridgehead atoms. The number of benzene rings is 1. The quantitative estimate of drug-likeness (QED) is 0.801. The van der Waals surface area contributed by atoms with E-state index in [4.69, 9.17) is 4.74 Å². The normalized spacial score (nSPS) is 9.83. The van der Waals surface area contributed by atoms with Gasteiger partial charge in [0, 0.05) is 4.47 Å². The maximum Gasteiger partial charge on any atom is 0.341 e. The summed E-state index contributed by atoms with van der Waals surface area (Å²) in [7, 11) is 3.98. The van der Waals surface area contributed by atoms with Gasteiger partial charge in [0.2, 0.25) is 0 Å². The first-order valence-corrected chi connectivity index (χ1v) is 5.80. The van der Waals surface area contributed by atoms with Crippen LogP contribution >= 0.6 is 15.9 Å². The van der Waals surface area contributed by atoms with Crippen LogP contribution in [0.2, 0.25) is 0 Å². The zero-order chi connectivity index (χ0) is 13.9. The minimum absolute atomic E-state index is 0.267.